The van der Waals surface area contributed by atoms with Crippen molar-refractivity contribution in [3.05, 3.63) is 21.9 Å². The maximum Gasteiger partial charge on any atom is 0.237 e. The third-order valence-corrected chi connectivity index (χ3v) is 6.73. The molecule has 0 radical (unpaired) electrons. The monoisotopic (exact) mass is 364 g/mol. The first-order chi connectivity index (χ1) is 12.1. The Labute approximate surface area is 155 Å². The SMILES string of the molecule is CCC1c2ccsc2CCN1C(=O)CN(CC(C)O)C1CCCCC1. The normalized spacial score (nSPS) is 22.9. The fraction of sp³-hybridized carbons (Fsp3) is 0.750. The van der Waals surface area contributed by atoms with E-state index >= 15 is 0 Å². The van der Waals surface area contributed by atoms with Gasteiger partial charge in [0, 0.05) is 24.0 Å². The van der Waals surface area contributed by atoms with Crippen LogP contribution in [0.3, 0.4) is 0 Å². The molecule has 25 heavy (non-hydrogen) atoms. The third kappa shape index (κ3) is 4.44. The minimum Gasteiger partial charge on any atom is -0.392 e. The molecule has 0 spiro atoms. The second-order valence-electron chi connectivity index (χ2n) is 7.63. The summed E-state index contributed by atoms with van der Waals surface area (Å²) in [4.78, 5) is 18.9. The van der Waals surface area contributed by atoms with E-state index in [2.05, 4.69) is 28.2 Å². The summed E-state index contributed by atoms with van der Waals surface area (Å²) >= 11 is 1.82. The standard InChI is InChI=1S/C20H32N2O2S/c1-3-18-17-10-12-25-19(17)9-11-22(18)20(24)14-21(13-15(2)23)16-7-5-4-6-8-16/h10,12,15-16,18,23H,3-9,11,13-14H2,1-2H3. The first-order valence-electron chi connectivity index (χ1n) is 9.88. The molecule has 1 fully saturated rings. The van der Waals surface area contributed by atoms with Gasteiger partial charge in [0.15, 0.2) is 0 Å². The van der Waals surface area contributed by atoms with Gasteiger partial charge in [-0.2, -0.15) is 0 Å². The summed E-state index contributed by atoms with van der Waals surface area (Å²) in [5.74, 6) is 0.231. The van der Waals surface area contributed by atoms with Gasteiger partial charge < -0.3 is 10.0 Å². The highest BCUT2D eigenvalue weighted by atomic mass is 32.1. The Hall–Kier alpha value is -0.910. The molecule has 2 unspecified atom stereocenters. The number of amides is 1. The summed E-state index contributed by atoms with van der Waals surface area (Å²) < 4.78 is 0. The molecule has 140 valence electrons. The fourth-order valence-corrected chi connectivity index (χ4v) is 5.46. The lowest BCUT2D eigenvalue weighted by Crippen LogP contribution is -2.49. The number of hydrogen-bond acceptors (Lipinski definition) is 4. The van der Waals surface area contributed by atoms with Gasteiger partial charge in [0.05, 0.1) is 18.7 Å². The minimum absolute atomic E-state index is 0.224. The van der Waals surface area contributed by atoms with Crippen molar-refractivity contribution < 1.29 is 9.90 Å². The molecule has 1 aliphatic heterocycles. The largest absolute Gasteiger partial charge is 0.392 e. The summed E-state index contributed by atoms with van der Waals surface area (Å²) in [6.07, 6.45) is 7.67. The van der Waals surface area contributed by atoms with Crippen molar-refractivity contribution in [2.45, 2.75) is 77.0 Å². The molecule has 5 heteroatoms. The lowest BCUT2D eigenvalue weighted by Gasteiger charge is -2.39. The number of nitrogens with zero attached hydrogens (tertiary/aromatic N) is 2. The van der Waals surface area contributed by atoms with Gasteiger partial charge in [0.1, 0.15) is 0 Å². The van der Waals surface area contributed by atoms with Crippen molar-refractivity contribution in [1.82, 2.24) is 9.80 Å². The van der Waals surface area contributed by atoms with Crippen LogP contribution < -0.4 is 0 Å². The fourth-order valence-electron chi connectivity index (χ4n) is 4.53. The van der Waals surface area contributed by atoms with Gasteiger partial charge in [0.2, 0.25) is 5.91 Å². The number of aliphatic hydroxyl groups is 1. The molecule has 1 N–H and O–H groups in total. The lowest BCUT2D eigenvalue weighted by atomic mass is 9.93. The molecule has 1 amide bonds. The van der Waals surface area contributed by atoms with Crippen LogP contribution in [0, 0.1) is 0 Å². The Morgan fingerprint density at radius 2 is 2.16 bits per heavy atom. The molecular formula is C20H32N2O2S. The number of hydrogen-bond donors (Lipinski definition) is 1. The van der Waals surface area contributed by atoms with Crippen LogP contribution in [0.15, 0.2) is 11.4 Å². The Bertz CT molecular complexity index is 566. The molecule has 0 aromatic carbocycles. The van der Waals surface area contributed by atoms with E-state index in [4.69, 9.17) is 0 Å². The van der Waals surface area contributed by atoms with Gasteiger partial charge in [-0.3, -0.25) is 9.69 Å². The molecule has 3 rings (SSSR count). The average molecular weight is 365 g/mol. The topological polar surface area (TPSA) is 43.8 Å². The van der Waals surface area contributed by atoms with Crippen LogP contribution in [0.4, 0.5) is 0 Å². The quantitative estimate of drug-likeness (QED) is 0.839. The summed E-state index contributed by atoms with van der Waals surface area (Å²) in [5.41, 5.74) is 1.35. The van der Waals surface area contributed by atoms with Gasteiger partial charge >= 0.3 is 0 Å². The Morgan fingerprint density at radius 1 is 1.40 bits per heavy atom. The predicted molar refractivity (Wildman–Crippen MR) is 103 cm³/mol. The van der Waals surface area contributed by atoms with Crippen molar-refractivity contribution in [1.29, 1.82) is 0 Å². The zero-order valence-electron chi connectivity index (χ0n) is 15.6. The molecular weight excluding hydrogens is 332 g/mol. The highest BCUT2D eigenvalue weighted by molar-refractivity contribution is 7.10. The zero-order valence-corrected chi connectivity index (χ0v) is 16.4. The van der Waals surface area contributed by atoms with Crippen molar-refractivity contribution >= 4 is 17.2 Å². The van der Waals surface area contributed by atoms with Crippen LogP contribution >= 0.6 is 11.3 Å². The van der Waals surface area contributed by atoms with E-state index < -0.39 is 0 Å². The summed E-state index contributed by atoms with van der Waals surface area (Å²) in [5, 5.41) is 12.1. The lowest BCUT2D eigenvalue weighted by molar-refractivity contribution is -0.136. The van der Waals surface area contributed by atoms with E-state index in [0.717, 1.165) is 32.2 Å². The number of carbonyl (C=O) groups is 1. The molecule has 2 heterocycles. The van der Waals surface area contributed by atoms with E-state index in [-0.39, 0.29) is 18.1 Å². The van der Waals surface area contributed by atoms with E-state index in [1.54, 1.807) is 0 Å². The molecule has 1 aliphatic carbocycles. The van der Waals surface area contributed by atoms with Crippen LogP contribution in [0.5, 0.6) is 0 Å². The average Bonchev–Trinajstić information content (AvgIpc) is 3.09. The summed E-state index contributed by atoms with van der Waals surface area (Å²) in [6.45, 7) is 5.88. The van der Waals surface area contributed by atoms with Gasteiger partial charge in [-0.15, -0.1) is 11.3 Å². The number of rotatable bonds is 6. The van der Waals surface area contributed by atoms with Crippen molar-refractivity contribution in [3.8, 4) is 0 Å². The molecule has 0 bridgehead atoms. The molecule has 2 aliphatic rings. The second kappa shape index (κ2) is 8.65. The second-order valence-corrected chi connectivity index (χ2v) is 8.63. The van der Waals surface area contributed by atoms with Crippen LogP contribution in [-0.2, 0) is 11.2 Å². The molecule has 1 aromatic heterocycles. The van der Waals surface area contributed by atoms with E-state index in [1.165, 1.54) is 29.7 Å². The van der Waals surface area contributed by atoms with Crippen molar-refractivity contribution in [3.63, 3.8) is 0 Å². The molecule has 2 atom stereocenters. The van der Waals surface area contributed by atoms with E-state index in [9.17, 15) is 9.90 Å². The number of thiophene rings is 1. The first-order valence-corrected chi connectivity index (χ1v) is 10.8. The first kappa shape index (κ1) is 18.9. The Balaban J connectivity index is 1.69. The Morgan fingerprint density at radius 3 is 2.84 bits per heavy atom. The number of aliphatic hydroxyl groups excluding tert-OH is 1. The van der Waals surface area contributed by atoms with Crippen molar-refractivity contribution in [2.24, 2.45) is 0 Å². The summed E-state index contributed by atoms with van der Waals surface area (Å²) in [7, 11) is 0. The van der Waals surface area contributed by atoms with Crippen LogP contribution in [0.2, 0.25) is 0 Å². The minimum atomic E-state index is -0.387. The van der Waals surface area contributed by atoms with Crippen LogP contribution in [-0.4, -0.2) is 52.6 Å². The smallest absolute Gasteiger partial charge is 0.237 e. The predicted octanol–water partition coefficient (Wildman–Crippen LogP) is 3.60. The van der Waals surface area contributed by atoms with Gasteiger partial charge in [-0.25, -0.2) is 0 Å². The maximum absolute atomic E-state index is 13.1. The van der Waals surface area contributed by atoms with E-state index in [0.29, 0.717) is 19.1 Å². The molecule has 1 saturated carbocycles. The van der Waals surface area contributed by atoms with Gasteiger partial charge in [-0.05, 0) is 49.6 Å². The van der Waals surface area contributed by atoms with Crippen molar-refractivity contribution in [2.75, 3.05) is 19.6 Å². The highest BCUT2D eigenvalue weighted by Gasteiger charge is 2.32. The van der Waals surface area contributed by atoms with E-state index in [1.807, 2.05) is 18.3 Å². The third-order valence-electron chi connectivity index (χ3n) is 5.73. The molecule has 4 nitrogen and oxygen atoms in total. The van der Waals surface area contributed by atoms with Gasteiger partial charge in [-0.1, -0.05) is 26.2 Å². The highest BCUT2D eigenvalue weighted by Crippen LogP contribution is 2.35. The zero-order chi connectivity index (χ0) is 17.8. The van der Waals surface area contributed by atoms with Crippen LogP contribution in [0.1, 0.15) is 68.9 Å². The number of fused-ring (bicyclic) bond motifs is 1. The number of carbonyl (C=O) groups excluding carboxylic acids is 1. The molecule has 1 aromatic rings. The van der Waals surface area contributed by atoms with Crippen LogP contribution in [0.25, 0.3) is 0 Å². The Kier molecular flexibility index (Phi) is 6.53. The summed E-state index contributed by atoms with van der Waals surface area (Å²) in [6, 6.07) is 2.87. The van der Waals surface area contributed by atoms with Gasteiger partial charge in [0.25, 0.3) is 0 Å². The maximum atomic E-state index is 13.1. The molecule has 0 saturated heterocycles.